The lowest BCUT2D eigenvalue weighted by atomic mass is 9.94. The third-order valence-corrected chi connectivity index (χ3v) is 2.60. The van der Waals surface area contributed by atoms with Crippen LogP contribution in [0.1, 0.15) is 47.1 Å². The van der Waals surface area contributed by atoms with Gasteiger partial charge in [0.1, 0.15) is 0 Å². The highest BCUT2D eigenvalue weighted by Gasteiger charge is 2.31. The van der Waals surface area contributed by atoms with Crippen LogP contribution in [-0.2, 0) is 0 Å². The predicted molar refractivity (Wildman–Crippen MR) is 73.1 cm³/mol. The lowest BCUT2D eigenvalue weighted by Crippen LogP contribution is -2.53. The van der Waals surface area contributed by atoms with Crippen molar-refractivity contribution in [3.05, 3.63) is 29.8 Å². The number of nitrogens with zero attached hydrogens (tertiary/aromatic N) is 2. The van der Waals surface area contributed by atoms with Gasteiger partial charge in [-0.2, -0.15) is 5.26 Å². The molecule has 0 saturated heterocycles. The maximum absolute atomic E-state index is 8.82. The van der Waals surface area contributed by atoms with E-state index in [2.05, 4.69) is 52.5 Å². The summed E-state index contributed by atoms with van der Waals surface area (Å²) in [6, 6.07) is 9.95. The SMILES string of the molecule is CC(C)(C)N(c1ccc(C#N)cc1)C(C)(C)C. The maximum atomic E-state index is 8.82. The van der Waals surface area contributed by atoms with E-state index >= 15 is 0 Å². The highest BCUT2D eigenvalue weighted by atomic mass is 15.2. The van der Waals surface area contributed by atoms with Gasteiger partial charge in [-0.15, -0.1) is 0 Å². The van der Waals surface area contributed by atoms with Crippen molar-refractivity contribution in [2.75, 3.05) is 4.90 Å². The Morgan fingerprint density at radius 2 is 1.29 bits per heavy atom. The first-order valence-corrected chi connectivity index (χ1v) is 5.97. The molecule has 0 aliphatic rings. The Bertz CT molecular complexity index is 396. The molecule has 2 nitrogen and oxygen atoms in total. The molecule has 0 spiro atoms. The van der Waals surface area contributed by atoms with E-state index in [1.54, 1.807) is 0 Å². The summed E-state index contributed by atoms with van der Waals surface area (Å²) in [5.41, 5.74) is 1.96. The van der Waals surface area contributed by atoms with Crippen molar-refractivity contribution in [1.29, 1.82) is 5.26 Å². The molecule has 1 aromatic carbocycles. The van der Waals surface area contributed by atoms with E-state index in [4.69, 9.17) is 5.26 Å². The molecule has 0 unspecified atom stereocenters. The lowest BCUT2D eigenvalue weighted by molar-refractivity contribution is 0.381. The Hall–Kier alpha value is -1.49. The quantitative estimate of drug-likeness (QED) is 0.730. The van der Waals surface area contributed by atoms with E-state index in [-0.39, 0.29) is 11.1 Å². The van der Waals surface area contributed by atoms with Crippen LogP contribution in [0, 0.1) is 11.3 Å². The normalized spacial score (nSPS) is 12.1. The third kappa shape index (κ3) is 3.23. The van der Waals surface area contributed by atoms with Crippen LogP contribution in [0.4, 0.5) is 5.69 Å². The Morgan fingerprint density at radius 1 is 0.882 bits per heavy atom. The first-order valence-electron chi connectivity index (χ1n) is 5.97. The molecule has 0 heterocycles. The maximum Gasteiger partial charge on any atom is 0.0991 e. The van der Waals surface area contributed by atoms with Crippen LogP contribution in [0.2, 0.25) is 0 Å². The zero-order chi connectivity index (χ0) is 13.3. The minimum Gasteiger partial charge on any atom is -0.362 e. The van der Waals surface area contributed by atoms with Crippen LogP contribution in [0.15, 0.2) is 24.3 Å². The monoisotopic (exact) mass is 230 g/mol. The minimum absolute atomic E-state index is 0.0480. The van der Waals surface area contributed by atoms with Crippen LogP contribution < -0.4 is 4.90 Å². The molecule has 0 aromatic heterocycles. The van der Waals surface area contributed by atoms with Gasteiger partial charge >= 0.3 is 0 Å². The number of nitriles is 1. The summed E-state index contributed by atoms with van der Waals surface area (Å²) < 4.78 is 0. The second kappa shape index (κ2) is 4.41. The number of hydrogen-bond donors (Lipinski definition) is 0. The molecular weight excluding hydrogens is 208 g/mol. The van der Waals surface area contributed by atoms with Crippen molar-refractivity contribution >= 4 is 5.69 Å². The van der Waals surface area contributed by atoms with Crippen molar-refractivity contribution < 1.29 is 0 Å². The average molecular weight is 230 g/mol. The third-order valence-electron chi connectivity index (χ3n) is 2.60. The van der Waals surface area contributed by atoms with Crippen LogP contribution >= 0.6 is 0 Å². The van der Waals surface area contributed by atoms with Crippen molar-refractivity contribution in [3.63, 3.8) is 0 Å². The summed E-state index contributed by atoms with van der Waals surface area (Å²) >= 11 is 0. The number of rotatable bonds is 1. The Morgan fingerprint density at radius 3 is 1.59 bits per heavy atom. The molecule has 92 valence electrons. The highest BCUT2D eigenvalue weighted by molar-refractivity contribution is 5.53. The van der Waals surface area contributed by atoms with Crippen molar-refractivity contribution in [1.82, 2.24) is 0 Å². The summed E-state index contributed by atoms with van der Waals surface area (Å²) in [5.74, 6) is 0. The summed E-state index contributed by atoms with van der Waals surface area (Å²) in [7, 11) is 0. The second-order valence-corrected chi connectivity index (χ2v) is 6.34. The van der Waals surface area contributed by atoms with Gasteiger partial charge in [-0.05, 0) is 65.8 Å². The Labute approximate surface area is 105 Å². The standard InChI is InChI=1S/C15H22N2/c1-14(2,3)17(15(4,5)6)13-9-7-12(11-16)8-10-13/h7-10H,1-6H3. The van der Waals surface area contributed by atoms with Gasteiger partial charge in [0.15, 0.2) is 0 Å². The van der Waals surface area contributed by atoms with Crippen molar-refractivity contribution in [3.8, 4) is 6.07 Å². The molecule has 0 atom stereocenters. The van der Waals surface area contributed by atoms with Crippen LogP contribution in [-0.4, -0.2) is 11.1 Å². The molecule has 1 rings (SSSR count). The zero-order valence-electron chi connectivity index (χ0n) is 11.7. The first kappa shape index (κ1) is 13.6. The summed E-state index contributed by atoms with van der Waals surface area (Å²) in [6.07, 6.45) is 0. The smallest absolute Gasteiger partial charge is 0.0991 e. The van der Waals surface area contributed by atoms with Gasteiger partial charge in [0.05, 0.1) is 11.6 Å². The van der Waals surface area contributed by atoms with E-state index < -0.39 is 0 Å². The van der Waals surface area contributed by atoms with Crippen LogP contribution in [0.5, 0.6) is 0 Å². The summed E-state index contributed by atoms with van der Waals surface area (Å²) in [6.45, 7) is 13.2. The molecule has 0 radical (unpaired) electrons. The molecule has 17 heavy (non-hydrogen) atoms. The number of benzene rings is 1. The van der Waals surface area contributed by atoms with E-state index in [0.717, 1.165) is 5.69 Å². The molecule has 0 N–H and O–H groups in total. The van der Waals surface area contributed by atoms with Crippen LogP contribution in [0.3, 0.4) is 0 Å². The van der Waals surface area contributed by atoms with Gasteiger partial charge in [-0.3, -0.25) is 0 Å². The molecule has 0 bridgehead atoms. The Balaban J connectivity index is 3.20. The van der Waals surface area contributed by atoms with E-state index in [9.17, 15) is 0 Å². The van der Waals surface area contributed by atoms with Crippen molar-refractivity contribution in [2.45, 2.75) is 52.6 Å². The molecule has 0 aliphatic heterocycles. The summed E-state index contributed by atoms with van der Waals surface area (Å²) in [5, 5.41) is 8.82. The van der Waals surface area contributed by atoms with Gasteiger partial charge in [-0.25, -0.2) is 0 Å². The van der Waals surface area contributed by atoms with Gasteiger partial charge < -0.3 is 4.90 Å². The van der Waals surface area contributed by atoms with Crippen LogP contribution in [0.25, 0.3) is 0 Å². The van der Waals surface area contributed by atoms with E-state index in [1.165, 1.54) is 0 Å². The van der Waals surface area contributed by atoms with Gasteiger partial charge in [-0.1, -0.05) is 0 Å². The number of hydrogen-bond acceptors (Lipinski definition) is 2. The van der Waals surface area contributed by atoms with E-state index in [0.29, 0.717) is 5.56 Å². The zero-order valence-corrected chi connectivity index (χ0v) is 11.7. The van der Waals surface area contributed by atoms with Crippen molar-refractivity contribution in [2.24, 2.45) is 0 Å². The fourth-order valence-electron chi connectivity index (χ4n) is 2.47. The van der Waals surface area contributed by atoms with Gasteiger partial charge in [0.2, 0.25) is 0 Å². The fourth-order valence-corrected chi connectivity index (χ4v) is 2.47. The van der Waals surface area contributed by atoms with E-state index in [1.807, 2.05) is 24.3 Å². The second-order valence-electron chi connectivity index (χ2n) is 6.34. The molecule has 0 amide bonds. The molecule has 0 saturated carbocycles. The van der Waals surface area contributed by atoms with Gasteiger partial charge in [0, 0.05) is 16.8 Å². The first-order chi connectivity index (χ1) is 7.66. The predicted octanol–water partition coefficient (Wildman–Crippen LogP) is 3.96. The van der Waals surface area contributed by atoms with Gasteiger partial charge in [0.25, 0.3) is 0 Å². The molecule has 0 fully saturated rings. The minimum atomic E-state index is 0.0480. The number of anilines is 1. The largest absolute Gasteiger partial charge is 0.362 e. The summed E-state index contributed by atoms with van der Waals surface area (Å²) in [4.78, 5) is 2.38. The molecular formula is C15H22N2. The molecule has 1 aromatic rings. The molecule has 0 aliphatic carbocycles. The lowest BCUT2D eigenvalue weighted by Gasteiger charge is -2.47. The Kier molecular flexibility index (Phi) is 3.52. The topological polar surface area (TPSA) is 27.0 Å². The fraction of sp³-hybridized carbons (Fsp3) is 0.533. The highest BCUT2D eigenvalue weighted by Crippen LogP contribution is 2.31. The average Bonchev–Trinajstić information content (AvgIpc) is 2.14. The molecule has 2 heteroatoms.